The Balaban J connectivity index is 1.67. The summed E-state index contributed by atoms with van der Waals surface area (Å²) in [6, 6.07) is 0. The first-order chi connectivity index (χ1) is 7.65. The molecule has 0 heterocycles. The summed E-state index contributed by atoms with van der Waals surface area (Å²) in [7, 11) is 1.90. The lowest BCUT2D eigenvalue weighted by Gasteiger charge is -2.34. The molecule has 0 radical (unpaired) electrons. The molecule has 0 aromatic rings. The zero-order valence-corrected chi connectivity index (χ0v) is 10.2. The van der Waals surface area contributed by atoms with Crippen LogP contribution < -0.4 is 0 Å². The van der Waals surface area contributed by atoms with Crippen molar-refractivity contribution in [2.45, 2.75) is 51.0 Å². The molecule has 1 N–H and O–H groups in total. The second-order valence-corrected chi connectivity index (χ2v) is 5.62. The van der Waals surface area contributed by atoms with Crippen molar-refractivity contribution >= 4 is 5.91 Å². The molecule has 3 heteroatoms. The Morgan fingerprint density at radius 3 is 2.44 bits per heavy atom. The lowest BCUT2D eigenvalue weighted by molar-refractivity contribution is -0.132. The summed E-state index contributed by atoms with van der Waals surface area (Å²) in [4.78, 5) is 13.8. The zero-order chi connectivity index (χ0) is 11.5. The van der Waals surface area contributed by atoms with Crippen molar-refractivity contribution in [1.29, 1.82) is 0 Å². The molecule has 0 unspecified atom stereocenters. The van der Waals surface area contributed by atoms with Crippen LogP contribution in [0.5, 0.6) is 0 Å². The van der Waals surface area contributed by atoms with Gasteiger partial charge < -0.3 is 10.0 Å². The molecule has 0 aromatic heterocycles. The fraction of sp³-hybridized carbons (Fsp3) is 0.923. The van der Waals surface area contributed by atoms with E-state index < -0.39 is 0 Å². The van der Waals surface area contributed by atoms with E-state index in [4.69, 9.17) is 0 Å². The molecule has 2 aliphatic rings. The van der Waals surface area contributed by atoms with Gasteiger partial charge in [-0.3, -0.25) is 4.79 Å². The first-order valence-electron chi connectivity index (χ1n) is 6.57. The maximum atomic E-state index is 11.9. The highest BCUT2D eigenvalue weighted by Gasteiger charge is 2.29. The van der Waals surface area contributed by atoms with Crippen molar-refractivity contribution in [3.63, 3.8) is 0 Å². The van der Waals surface area contributed by atoms with Crippen LogP contribution in [0, 0.1) is 11.8 Å². The highest BCUT2D eigenvalue weighted by Crippen LogP contribution is 2.30. The van der Waals surface area contributed by atoms with Crippen LogP contribution in [0.1, 0.15) is 44.9 Å². The highest BCUT2D eigenvalue weighted by atomic mass is 16.3. The molecule has 1 amide bonds. The molecule has 2 rings (SSSR count). The van der Waals surface area contributed by atoms with Crippen molar-refractivity contribution < 1.29 is 9.90 Å². The van der Waals surface area contributed by atoms with Crippen LogP contribution in [0.3, 0.4) is 0 Å². The molecule has 0 saturated heterocycles. The van der Waals surface area contributed by atoms with E-state index in [0.29, 0.717) is 17.7 Å². The van der Waals surface area contributed by atoms with Gasteiger partial charge in [0.1, 0.15) is 0 Å². The predicted molar refractivity (Wildman–Crippen MR) is 62.9 cm³/mol. The summed E-state index contributed by atoms with van der Waals surface area (Å²) in [6.45, 7) is 0.836. The normalized spacial score (nSPS) is 30.1. The molecule has 0 atom stereocenters. The highest BCUT2D eigenvalue weighted by molar-refractivity contribution is 5.76. The van der Waals surface area contributed by atoms with E-state index in [1.165, 1.54) is 25.7 Å². The van der Waals surface area contributed by atoms with Gasteiger partial charge in [-0.25, -0.2) is 0 Å². The van der Waals surface area contributed by atoms with E-state index >= 15 is 0 Å². The number of nitrogens with zero attached hydrogens (tertiary/aromatic N) is 1. The largest absolute Gasteiger partial charge is 0.393 e. The van der Waals surface area contributed by atoms with Gasteiger partial charge in [-0.15, -0.1) is 0 Å². The quantitative estimate of drug-likeness (QED) is 0.792. The third kappa shape index (κ3) is 2.97. The summed E-state index contributed by atoms with van der Waals surface area (Å²) in [5, 5.41) is 9.20. The average Bonchev–Trinajstić information content (AvgIpc) is 2.68. The van der Waals surface area contributed by atoms with Crippen molar-refractivity contribution in [2.75, 3.05) is 13.6 Å². The van der Waals surface area contributed by atoms with E-state index in [2.05, 4.69) is 0 Å². The molecule has 16 heavy (non-hydrogen) atoms. The fourth-order valence-corrected chi connectivity index (χ4v) is 2.96. The van der Waals surface area contributed by atoms with Crippen molar-refractivity contribution in [2.24, 2.45) is 11.8 Å². The first-order valence-corrected chi connectivity index (χ1v) is 6.57. The van der Waals surface area contributed by atoms with Crippen LogP contribution in [0.25, 0.3) is 0 Å². The monoisotopic (exact) mass is 225 g/mol. The number of hydrogen-bond acceptors (Lipinski definition) is 2. The number of aliphatic hydroxyl groups excluding tert-OH is 1. The first kappa shape index (κ1) is 11.9. The van der Waals surface area contributed by atoms with Gasteiger partial charge in [0.05, 0.1) is 6.10 Å². The van der Waals surface area contributed by atoms with Gasteiger partial charge in [-0.2, -0.15) is 0 Å². The number of amides is 1. The molecule has 0 aliphatic heterocycles. The van der Waals surface area contributed by atoms with Crippen LogP contribution >= 0.6 is 0 Å². The Bertz CT molecular complexity index is 242. The maximum Gasteiger partial charge on any atom is 0.222 e. The summed E-state index contributed by atoms with van der Waals surface area (Å²) in [6.07, 6.45) is 7.47. The zero-order valence-electron chi connectivity index (χ0n) is 10.2. The lowest BCUT2D eigenvalue weighted by Crippen LogP contribution is -2.39. The van der Waals surface area contributed by atoms with Gasteiger partial charge in [0.25, 0.3) is 0 Å². The Labute approximate surface area is 97.8 Å². The van der Waals surface area contributed by atoms with Crippen molar-refractivity contribution in [3.05, 3.63) is 0 Å². The van der Waals surface area contributed by atoms with Crippen LogP contribution in [0.15, 0.2) is 0 Å². The maximum absolute atomic E-state index is 11.9. The van der Waals surface area contributed by atoms with E-state index in [0.717, 1.165) is 25.8 Å². The van der Waals surface area contributed by atoms with E-state index in [1.54, 1.807) is 0 Å². The molecule has 0 bridgehead atoms. The molecule has 2 fully saturated rings. The molecule has 2 aliphatic carbocycles. The number of rotatable bonds is 4. The minimum atomic E-state index is -0.108. The summed E-state index contributed by atoms with van der Waals surface area (Å²) in [5.41, 5.74) is 0. The SMILES string of the molecule is CN(CC1CC(O)C1)C(=O)CC1CCCC1. The van der Waals surface area contributed by atoms with Crippen LogP contribution in [-0.2, 0) is 4.79 Å². The van der Waals surface area contributed by atoms with Gasteiger partial charge in [0.15, 0.2) is 0 Å². The Kier molecular flexibility index (Phi) is 3.85. The molecular weight excluding hydrogens is 202 g/mol. The molecule has 2 saturated carbocycles. The molecule has 3 nitrogen and oxygen atoms in total. The van der Waals surface area contributed by atoms with Crippen molar-refractivity contribution in [1.82, 2.24) is 4.90 Å². The minimum absolute atomic E-state index is 0.108. The number of carbonyl (C=O) groups excluding carboxylic acids is 1. The molecular formula is C13H23NO2. The Morgan fingerprint density at radius 1 is 1.25 bits per heavy atom. The molecule has 0 spiro atoms. The van der Waals surface area contributed by atoms with Gasteiger partial charge in [-0.05, 0) is 37.5 Å². The fourth-order valence-electron chi connectivity index (χ4n) is 2.96. The van der Waals surface area contributed by atoms with Crippen LogP contribution in [0.4, 0.5) is 0 Å². The summed E-state index contributed by atoms with van der Waals surface area (Å²) in [5.74, 6) is 1.47. The summed E-state index contributed by atoms with van der Waals surface area (Å²) < 4.78 is 0. The topological polar surface area (TPSA) is 40.5 Å². The third-order valence-electron chi connectivity index (χ3n) is 4.11. The summed E-state index contributed by atoms with van der Waals surface area (Å²) >= 11 is 0. The smallest absolute Gasteiger partial charge is 0.222 e. The molecule has 0 aromatic carbocycles. The van der Waals surface area contributed by atoms with Crippen LogP contribution in [-0.4, -0.2) is 35.6 Å². The van der Waals surface area contributed by atoms with E-state index in [1.807, 2.05) is 11.9 Å². The van der Waals surface area contributed by atoms with Crippen molar-refractivity contribution in [3.8, 4) is 0 Å². The lowest BCUT2D eigenvalue weighted by atomic mass is 9.82. The van der Waals surface area contributed by atoms with Gasteiger partial charge in [0.2, 0.25) is 5.91 Å². The van der Waals surface area contributed by atoms with E-state index in [9.17, 15) is 9.90 Å². The number of aliphatic hydroxyl groups is 1. The molecule has 92 valence electrons. The number of carbonyl (C=O) groups is 1. The minimum Gasteiger partial charge on any atom is -0.393 e. The Hall–Kier alpha value is -0.570. The third-order valence-corrected chi connectivity index (χ3v) is 4.11. The van der Waals surface area contributed by atoms with Gasteiger partial charge in [-0.1, -0.05) is 12.8 Å². The number of hydrogen-bond donors (Lipinski definition) is 1. The Morgan fingerprint density at radius 2 is 1.88 bits per heavy atom. The standard InChI is InChI=1S/C13H23NO2/c1-14(9-11-6-12(15)7-11)13(16)8-10-4-2-3-5-10/h10-12,15H,2-9H2,1H3. The van der Waals surface area contributed by atoms with Gasteiger partial charge in [0, 0.05) is 20.0 Å². The van der Waals surface area contributed by atoms with E-state index in [-0.39, 0.29) is 6.10 Å². The van der Waals surface area contributed by atoms with Crippen LogP contribution in [0.2, 0.25) is 0 Å². The predicted octanol–water partition coefficient (Wildman–Crippen LogP) is 1.80. The second kappa shape index (κ2) is 5.17. The van der Waals surface area contributed by atoms with Gasteiger partial charge >= 0.3 is 0 Å². The average molecular weight is 225 g/mol. The second-order valence-electron chi connectivity index (χ2n) is 5.62.